The molecule has 1 unspecified atom stereocenters. The summed E-state index contributed by atoms with van der Waals surface area (Å²) < 4.78 is 26.3. The summed E-state index contributed by atoms with van der Waals surface area (Å²) in [4.78, 5) is 3.88. The largest absolute Gasteiger partial charge is 0.271 e. The van der Waals surface area contributed by atoms with Gasteiger partial charge in [-0.1, -0.05) is 11.6 Å². The van der Waals surface area contributed by atoms with E-state index < -0.39 is 11.6 Å². The highest BCUT2D eigenvalue weighted by Gasteiger charge is 2.15. The van der Waals surface area contributed by atoms with Gasteiger partial charge >= 0.3 is 0 Å². The van der Waals surface area contributed by atoms with E-state index in [-0.39, 0.29) is 6.04 Å². The molecule has 2 aromatic rings. The fourth-order valence-corrected chi connectivity index (χ4v) is 2.14. The zero-order valence-corrected chi connectivity index (χ0v) is 10.7. The molecule has 1 heterocycles. The molecular formula is C13H12ClF2N3. The van der Waals surface area contributed by atoms with Crippen molar-refractivity contribution in [1.82, 2.24) is 10.4 Å². The third-order valence-corrected chi connectivity index (χ3v) is 3.06. The van der Waals surface area contributed by atoms with Gasteiger partial charge in [0.05, 0.1) is 11.1 Å². The lowest BCUT2D eigenvalue weighted by Gasteiger charge is -2.17. The second-order valence-corrected chi connectivity index (χ2v) is 4.51. The predicted octanol–water partition coefficient (Wildman–Crippen LogP) is 2.76. The van der Waals surface area contributed by atoms with Gasteiger partial charge in [-0.2, -0.15) is 0 Å². The standard InChI is InChI=1S/C13H12ClF2N3/c14-12-7-18-2-1-11(12)13(19-17)5-8-3-9(15)6-10(16)4-8/h1-4,6-7,13,19H,5,17H2. The lowest BCUT2D eigenvalue weighted by atomic mass is 10.00. The maximum absolute atomic E-state index is 13.1. The SMILES string of the molecule is NNC(Cc1cc(F)cc(F)c1)c1ccncc1Cl. The summed E-state index contributed by atoms with van der Waals surface area (Å²) in [6.45, 7) is 0. The van der Waals surface area contributed by atoms with Gasteiger partial charge in [0.1, 0.15) is 11.6 Å². The van der Waals surface area contributed by atoms with Crippen LogP contribution in [0.2, 0.25) is 5.02 Å². The highest BCUT2D eigenvalue weighted by atomic mass is 35.5. The maximum atomic E-state index is 13.1. The first-order valence-corrected chi connectivity index (χ1v) is 5.98. The number of rotatable bonds is 4. The average molecular weight is 284 g/mol. The van der Waals surface area contributed by atoms with Crippen LogP contribution in [0.15, 0.2) is 36.7 Å². The minimum Gasteiger partial charge on any atom is -0.271 e. The Morgan fingerprint density at radius 2 is 1.95 bits per heavy atom. The number of hydrazine groups is 1. The lowest BCUT2D eigenvalue weighted by Crippen LogP contribution is -2.29. The number of halogens is 3. The normalized spacial score (nSPS) is 12.4. The van der Waals surface area contributed by atoms with E-state index in [1.165, 1.54) is 18.3 Å². The van der Waals surface area contributed by atoms with Gasteiger partial charge in [-0.05, 0) is 35.7 Å². The van der Waals surface area contributed by atoms with Crippen molar-refractivity contribution in [2.24, 2.45) is 5.84 Å². The number of nitrogens with two attached hydrogens (primary N) is 1. The molecule has 0 spiro atoms. The van der Waals surface area contributed by atoms with Gasteiger partial charge in [-0.15, -0.1) is 0 Å². The molecule has 3 nitrogen and oxygen atoms in total. The molecule has 0 radical (unpaired) electrons. The quantitative estimate of drug-likeness (QED) is 0.670. The molecule has 0 saturated heterocycles. The summed E-state index contributed by atoms with van der Waals surface area (Å²) in [5, 5.41) is 0.447. The van der Waals surface area contributed by atoms with Crippen LogP contribution in [-0.4, -0.2) is 4.98 Å². The lowest BCUT2D eigenvalue weighted by molar-refractivity contribution is 0.540. The first-order valence-electron chi connectivity index (χ1n) is 5.60. The summed E-state index contributed by atoms with van der Waals surface area (Å²) in [5.41, 5.74) is 3.81. The van der Waals surface area contributed by atoms with Gasteiger partial charge in [0.2, 0.25) is 0 Å². The van der Waals surface area contributed by atoms with Crippen molar-refractivity contribution >= 4 is 11.6 Å². The van der Waals surface area contributed by atoms with Crippen molar-refractivity contribution in [2.45, 2.75) is 12.5 Å². The summed E-state index contributed by atoms with van der Waals surface area (Å²) in [5.74, 6) is 4.24. The van der Waals surface area contributed by atoms with Crippen LogP contribution in [0, 0.1) is 11.6 Å². The van der Waals surface area contributed by atoms with Crippen LogP contribution in [-0.2, 0) is 6.42 Å². The summed E-state index contributed by atoms with van der Waals surface area (Å²) in [6.07, 6.45) is 3.39. The van der Waals surface area contributed by atoms with E-state index in [1.54, 1.807) is 12.3 Å². The molecule has 19 heavy (non-hydrogen) atoms. The molecule has 1 atom stereocenters. The number of nitrogens with one attached hydrogen (secondary N) is 1. The fraction of sp³-hybridized carbons (Fsp3) is 0.154. The molecular weight excluding hydrogens is 272 g/mol. The van der Waals surface area contributed by atoms with Crippen molar-refractivity contribution in [2.75, 3.05) is 0 Å². The molecule has 0 saturated carbocycles. The molecule has 1 aromatic carbocycles. The second kappa shape index (κ2) is 6.06. The monoisotopic (exact) mass is 283 g/mol. The molecule has 0 aliphatic rings. The third-order valence-electron chi connectivity index (χ3n) is 2.74. The molecule has 0 fully saturated rings. The molecule has 0 bridgehead atoms. The predicted molar refractivity (Wildman–Crippen MR) is 69.4 cm³/mol. The molecule has 0 aliphatic heterocycles. The summed E-state index contributed by atoms with van der Waals surface area (Å²) in [6, 6.07) is 4.72. The van der Waals surface area contributed by atoms with E-state index in [1.807, 2.05) is 0 Å². The first kappa shape index (κ1) is 13.9. The first-order chi connectivity index (χ1) is 9.10. The number of hydrogen-bond acceptors (Lipinski definition) is 3. The van der Waals surface area contributed by atoms with Crippen molar-refractivity contribution < 1.29 is 8.78 Å². The minimum absolute atomic E-state index is 0.314. The van der Waals surface area contributed by atoms with Gasteiger partial charge < -0.3 is 0 Å². The van der Waals surface area contributed by atoms with Crippen molar-refractivity contribution in [3.63, 3.8) is 0 Å². The Kier molecular flexibility index (Phi) is 4.42. The minimum atomic E-state index is -0.619. The third kappa shape index (κ3) is 3.47. The van der Waals surface area contributed by atoms with E-state index >= 15 is 0 Å². The van der Waals surface area contributed by atoms with Crippen molar-refractivity contribution in [3.8, 4) is 0 Å². The maximum Gasteiger partial charge on any atom is 0.126 e. The highest BCUT2D eigenvalue weighted by Crippen LogP contribution is 2.24. The van der Waals surface area contributed by atoms with Crippen LogP contribution >= 0.6 is 11.6 Å². The zero-order valence-electron chi connectivity index (χ0n) is 9.91. The Morgan fingerprint density at radius 3 is 2.53 bits per heavy atom. The van der Waals surface area contributed by atoms with Crippen LogP contribution in [0.3, 0.4) is 0 Å². The van der Waals surface area contributed by atoms with E-state index in [9.17, 15) is 8.78 Å². The highest BCUT2D eigenvalue weighted by molar-refractivity contribution is 6.31. The van der Waals surface area contributed by atoms with E-state index in [0.717, 1.165) is 11.6 Å². The van der Waals surface area contributed by atoms with Crippen molar-refractivity contribution in [3.05, 3.63) is 64.4 Å². The number of benzene rings is 1. The number of pyridine rings is 1. The summed E-state index contributed by atoms with van der Waals surface area (Å²) in [7, 11) is 0. The molecule has 100 valence electrons. The van der Waals surface area contributed by atoms with Crippen molar-refractivity contribution in [1.29, 1.82) is 0 Å². The van der Waals surface area contributed by atoms with E-state index in [4.69, 9.17) is 17.4 Å². The topological polar surface area (TPSA) is 50.9 Å². The summed E-state index contributed by atoms with van der Waals surface area (Å²) >= 11 is 6.02. The molecule has 3 N–H and O–H groups in total. The Labute approximate surface area is 114 Å². The van der Waals surface area contributed by atoms with Gasteiger partial charge in [0.25, 0.3) is 0 Å². The van der Waals surface area contributed by atoms with E-state index in [2.05, 4.69) is 10.4 Å². The Hall–Kier alpha value is -1.56. The van der Waals surface area contributed by atoms with Crippen LogP contribution in [0.25, 0.3) is 0 Å². The zero-order chi connectivity index (χ0) is 13.8. The van der Waals surface area contributed by atoms with Crippen LogP contribution in [0.4, 0.5) is 8.78 Å². The second-order valence-electron chi connectivity index (χ2n) is 4.10. The van der Waals surface area contributed by atoms with Crippen LogP contribution < -0.4 is 11.3 Å². The van der Waals surface area contributed by atoms with Crippen LogP contribution in [0.5, 0.6) is 0 Å². The van der Waals surface area contributed by atoms with E-state index in [0.29, 0.717) is 17.0 Å². The average Bonchev–Trinajstić information content (AvgIpc) is 2.36. The van der Waals surface area contributed by atoms with Gasteiger partial charge in [-0.3, -0.25) is 16.3 Å². The van der Waals surface area contributed by atoms with Crippen LogP contribution in [0.1, 0.15) is 17.2 Å². The molecule has 1 aromatic heterocycles. The Bertz CT molecular complexity index is 557. The Morgan fingerprint density at radius 1 is 1.26 bits per heavy atom. The Balaban J connectivity index is 2.26. The van der Waals surface area contributed by atoms with Gasteiger partial charge in [-0.25, -0.2) is 8.78 Å². The molecule has 6 heteroatoms. The fourth-order valence-electron chi connectivity index (χ4n) is 1.89. The van der Waals surface area contributed by atoms with Gasteiger partial charge in [0, 0.05) is 18.5 Å². The number of nitrogens with zero attached hydrogens (tertiary/aromatic N) is 1. The molecule has 0 amide bonds. The smallest absolute Gasteiger partial charge is 0.126 e. The van der Waals surface area contributed by atoms with Gasteiger partial charge in [0.15, 0.2) is 0 Å². The number of aromatic nitrogens is 1. The molecule has 2 rings (SSSR count). The molecule has 0 aliphatic carbocycles. The number of hydrogen-bond donors (Lipinski definition) is 2.